The summed E-state index contributed by atoms with van der Waals surface area (Å²) in [6, 6.07) is 2.46. The van der Waals surface area contributed by atoms with Crippen LogP contribution >= 0.6 is 0 Å². The number of amides is 1. The molecule has 0 unspecified atom stereocenters. The van der Waals surface area contributed by atoms with Gasteiger partial charge in [-0.1, -0.05) is 0 Å². The van der Waals surface area contributed by atoms with Crippen LogP contribution in [0.25, 0.3) is 0 Å². The van der Waals surface area contributed by atoms with Crippen molar-refractivity contribution in [3.63, 3.8) is 0 Å². The molecule has 118 valence electrons. The van der Waals surface area contributed by atoms with Crippen LogP contribution in [0.15, 0.2) is 12.3 Å². The minimum Gasteiger partial charge on any atom is -0.322 e. The van der Waals surface area contributed by atoms with Crippen LogP contribution in [-0.4, -0.2) is 50.0 Å². The fourth-order valence-electron chi connectivity index (χ4n) is 2.96. The van der Waals surface area contributed by atoms with Crippen molar-refractivity contribution in [1.29, 1.82) is 0 Å². The maximum atomic E-state index is 12.1. The molecular formula is C15H22N6O. The minimum absolute atomic E-state index is 0.00270. The third-order valence-corrected chi connectivity index (χ3v) is 3.98. The Morgan fingerprint density at radius 2 is 2.05 bits per heavy atom. The average molecular weight is 302 g/mol. The van der Waals surface area contributed by atoms with E-state index in [1.165, 1.54) is 5.69 Å². The minimum atomic E-state index is 0.00270. The van der Waals surface area contributed by atoms with Gasteiger partial charge in [0.15, 0.2) is 0 Å². The molecule has 2 aromatic heterocycles. The van der Waals surface area contributed by atoms with Crippen LogP contribution in [0, 0.1) is 20.8 Å². The molecule has 0 radical (unpaired) electrons. The summed E-state index contributed by atoms with van der Waals surface area (Å²) in [7, 11) is 1.84. The second kappa shape index (κ2) is 5.57. The first-order valence-electron chi connectivity index (χ1n) is 7.47. The smallest absolute Gasteiger partial charge is 0.238 e. The molecule has 7 nitrogen and oxygen atoms in total. The predicted molar refractivity (Wildman–Crippen MR) is 83.8 cm³/mol. The maximum absolute atomic E-state index is 12.1. The molecule has 0 aliphatic carbocycles. The summed E-state index contributed by atoms with van der Waals surface area (Å²) in [5.74, 6) is 0.00270. The van der Waals surface area contributed by atoms with Crippen molar-refractivity contribution in [2.75, 3.05) is 25.0 Å². The van der Waals surface area contributed by atoms with E-state index in [1.54, 1.807) is 4.68 Å². The molecule has 0 aromatic carbocycles. The van der Waals surface area contributed by atoms with Gasteiger partial charge in [-0.05, 0) is 26.8 Å². The lowest BCUT2D eigenvalue weighted by Gasteiger charge is -2.39. The zero-order valence-corrected chi connectivity index (χ0v) is 13.5. The van der Waals surface area contributed by atoms with Gasteiger partial charge in [0.2, 0.25) is 5.91 Å². The maximum Gasteiger partial charge on any atom is 0.238 e. The lowest BCUT2D eigenvalue weighted by atomic mass is 10.1. The second-order valence-electron chi connectivity index (χ2n) is 6.07. The van der Waals surface area contributed by atoms with Gasteiger partial charge in [0.1, 0.15) is 0 Å². The van der Waals surface area contributed by atoms with Crippen LogP contribution in [0.1, 0.15) is 23.1 Å². The van der Waals surface area contributed by atoms with Crippen LogP contribution in [0.4, 0.5) is 5.69 Å². The van der Waals surface area contributed by atoms with E-state index in [0.717, 1.165) is 30.2 Å². The Kier molecular flexibility index (Phi) is 3.74. The van der Waals surface area contributed by atoms with E-state index < -0.39 is 0 Å². The number of aryl methyl sites for hydroxylation is 4. The van der Waals surface area contributed by atoms with E-state index in [9.17, 15) is 4.79 Å². The van der Waals surface area contributed by atoms with Gasteiger partial charge >= 0.3 is 0 Å². The number of nitrogens with zero attached hydrogens (tertiary/aromatic N) is 5. The van der Waals surface area contributed by atoms with Gasteiger partial charge in [-0.15, -0.1) is 0 Å². The number of carbonyl (C=O) groups is 1. The number of anilines is 1. The lowest BCUT2D eigenvalue weighted by molar-refractivity contribution is -0.118. The monoisotopic (exact) mass is 302 g/mol. The molecule has 7 heteroatoms. The summed E-state index contributed by atoms with van der Waals surface area (Å²) in [6.45, 7) is 8.09. The van der Waals surface area contributed by atoms with E-state index >= 15 is 0 Å². The van der Waals surface area contributed by atoms with Gasteiger partial charge in [0.05, 0.1) is 29.7 Å². The number of aromatic nitrogens is 4. The van der Waals surface area contributed by atoms with Crippen molar-refractivity contribution in [1.82, 2.24) is 24.5 Å². The first kappa shape index (κ1) is 14.8. The number of hydrogen-bond donors (Lipinski definition) is 1. The van der Waals surface area contributed by atoms with Crippen molar-refractivity contribution >= 4 is 11.6 Å². The Labute approximate surface area is 129 Å². The molecule has 2 aromatic rings. The van der Waals surface area contributed by atoms with E-state index in [2.05, 4.69) is 38.1 Å². The quantitative estimate of drug-likeness (QED) is 0.916. The molecule has 1 amide bonds. The molecule has 1 fully saturated rings. The van der Waals surface area contributed by atoms with Crippen molar-refractivity contribution in [2.24, 2.45) is 7.05 Å². The zero-order valence-electron chi connectivity index (χ0n) is 13.5. The van der Waals surface area contributed by atoms with Crippen molar-refractivity contribution in [3.05, 3.63) is 29.3 Å². The summed E-state index contributed by atoms with van der Waals surface area (Å²) in [4.78, 5) is 14.2. The average Bonchev–Trinajstić information content (AvgIpc) is 2.86. The highest BCUT2D eigenvalue weighted by Crippen LogP contribution is 2.22. The van der Waals surface area contributed by atoms with Crippen molar-refractivity contribution < 1.29 is 4.79 Å². The molecular weight excluding hydrogens is 280 g/mol. The Morgan fingerprint density at radius 3 is 2.59 bits per heavy atom. The first-order valence-corrected chi connectivity index (χ1v) is 7.47. The molecule has 0 spiro atoms. The van der Waals surface area contributed by atoms with Crippen LogP contribution in [0.5, 0.6) is 0 Å². The number of carbonyl (C=O) groups excluding carboxylic acids is 1. The van der Waals surface area contributed by atoms with Gasteiger partial charge in [-0.3, -0.25) is 19.1 Å². The molecule has 1 aliphatic rings. The standard InChI is InChI=1S/C15H22N6O/c1-10-5-11(2)21(17-10)13-6-20(7-13)9-15(22)16-14-8-19(4)18-12(14)3/h5,8,13H,6-7,9H2,1-4H3,(H,16,22). The summed E-state index contributed by atoms with van der Waals surface area (Å²) in [6.07, 6.45) is 1.82. The van der Waals surface area contributed by atoms with Gasteiger partial charge in [-0.25, -0.2) is 0 Å². The second-order valence-corrected chi connectivity index (χ2v) is 6.07. The number of rotatable bonds is 4. The number of nitrogens with one attached hydrogen (secondary N) is 1. The molecule has 3 rings (SSSR count). The number of likely N-dealkylation sites (tertiary alicyclic amines) is 1. The van der Waals surface area contributed by atoms with Crippen molar-refractivity contribution in [2.45, 2.75) is 26.8 Å². The van der Waals surface area contributed by atoms with Gasteiger partial charge in [-0.2, -0.15) is 10.2 Å². The van der Waals surface area contributed by atoms with E-state index in [1.807, 2.05) is 27.1 Å². The SMILES string of the molecule is Cc1cc(C)n(C2CN(CC(=O)Nc3cn(C)nc3C)C2)n1. The van der Waals surface area contributed by atoms with Gasteiger partial charge in [0.25, 0.3) is 0 Å². The molecule has 0 bridgehead atoms. The van der Waals surface area contributed by atoms with Crippen LogP contribution in [-0.2, 0) is 11.8 Å². The van der Waals surface area contributed by atoms with Crippen LogP contribution in [0.2, 0.25) is 0 Å². The molecule has 0 saturated carbocycles. The summed E-state index contributed by atoms with van der Waals surface area (Å²) in [5, 5.41) is 11.6. The molecule has 22 heavy (non-hydrogen) atoms. The predicted octanol–water partition coefficient (Wildman–Crippen LogP) is 1.04. The molecule has 3 heterocycles. The summed E-state index contributed by atoms with van der Waals surface area (Å²) >= 11 is 0. The largest absolute Gasteiger partial charge is 0.322 e. The highest BCUT2D eigenvalue weighted by molar-refractivity contribution is 5.92. The first-order chi connectivity index (χ1) is 10.4. The Balaban J connectivity index is 1.50. The van der Waals surface area contributed by atoms with Gasteiger partial charge < -0.3 is 5.32 Å². The highest BCUT2D eigenvalue weighted by Gasteiger charge is 2.31. The topological polar surface area (TPSA) is 68.0 Å². The lowest BCUT2D eigenvalue weighted by Crippen LogP contribution is -2.51. The fraction of sp³-hybridized carbons (Fsp3) is 0.533. The Bertz CT molecular complexity index is 695. The third kappa shape index (κ3) is 2.89. The Hall–Kier alpha value is -2.15. The third-order valence-electron chi connectivity index (χ3n) is 3.98. The van der Waals surface area contributed by atoms with Crippen molar-refractivity contribution in [3.8, 4) is 0 Å². The van der Waals surface area contributed by atoms with E-state index in [0.29, 0.717) is 12.6 Å². The number of hydrogen-bond acceptors (Lipinski definition) is 4. The van der Waals surface area contributed by atoms with Crippen LogP contribution in [0.3, 0.4) is 0 Å². The van der Waals surface area contributed by atoms with E-state index in [4.69, 9.17) is 0 Å². The molecule has 0 atom stereocenters. The van der Waals surface area contributed by atoms with Crippen LogP contribution < -0.4 is 5.32 Å². The molecule has 1 N–H and O–H groups in total. The summed E-state index contributed by atoms with van der Waals surface area (Å²) in [5.41, 5.74) is 3.83. The van der Waals surface area contributed by atoms with Gasteiger partial charge in [0, 0.05) is 32.0 Å². The van der Waals surface area contributed by atoms with E-state index in [-0.39, 0.29) is 5.91 Å². The molecule has 1 aliphatic heterocycles. The fourth-order valence-corrected chi connectivity index (χ4v) is 2.96. The summed E-state index contributed by atoms with van der Waals surface area (Å²) < 4.78 is 3.77. The highest BCUT2D eigenvalue weighted by atomic mass is 16.2. The molecule has 1 saturated heterocycles. The normalized spacial score (nSPS) is 15.8. The zero-order chi connectivity index (χ0) is 15.9. The Morgan fingerprint density at radius 1 is 1.32 bits per heavy atom.